The number of hydrogen-bond acceptors (Lipinski definition) is 2. The average Bonchev–Trinajstić information content (AvgIpc) is 3.40. The van der Waals surface area contributed by atoms with Crippen LogP contribution < -0.4 is 10.6 Å². The monoisotopic (exact) mass is 333 g/mol. The Hall–Kier alpha value is -2.11. The van der Waals surface area contributed by atoms with Gasteiger partial charge in [0.2, 0.25) is 5.91 Å². The Morgan fingerprint density at radius 2 is 1.92 bits per heavy atom. The fraction of sp³-hybridized carbons (Fsp3) is 0.556. The van der Waals surface area contributed by atoms with E-state index in [1.165, 1.54) is 12.1 Å². The van der Waals surface area contributed by atoms with Gasteiger partial charge in [-0.25, -0.2) is 9.18 Å². The SMILES string of the molecule is O=C(NCCc1ccc(F)cc1)C1CCCN(C(=O)NC2CC2)C1. The van der Waals surface area contributed by atoms with Crippen LogP contribution in [-0.4, -0.2) is 42.5 Å². The van der Waals surface area contributed by atoms with Gasteiger partial charge in [-0.15, -0.1) is 0 Å². The molecule has 1 atom stereocenters. The topological polar surface area (TPSA) is 61.4 Å². The molecule has 5 nitrogen and oxygen atoms in total. The molecule has 0 radical (unpaired) electrons. The molecule has 0 spiro atoms. The third kappa shape index (κ3) is 4.69. The van der Waals surface area contributed by atoms with E-state index >= 15 is 0 Å². The number of amides is 3. The molecule has 1 aliphatic heterocycles. The Balaban J connectivity index is 1.42. The second kappa shape index (κ2) is 7.64. The predicted octanol–water partition coefficient (Wildman–Crippen LogP) is 2.07. The lowest BCUT2D eigenvalue weighted by atomic mass is 9.97. The number of carbonyl (C=O) groups excluding carboxylic acids is 2. The number of rotatable bonds is 5. The van der Waals surface area contributed by atoms with Gasteiger partial charge < -0.3 is 15.5 Å². The molecule has 2 N–H and O–H groups in total. The maximum Gasteiger partial charge on any atom is 0.317 e. The third-order valence-electron chi connectivity index (χ3n) is 4.61. The first-order valence-corrected chi connectivity index (χ1v) is 8.69. The molecule has 24 heavy (non-hydrogen) atoms. The minimum absolute atomic E-state index is 0.000957. The summed E-state index contributed by atoms with van der Waals surface area (Å²) >= 11 is 0. The van der Waals surface area contributed by atoms with Gasteiger partial charge in [0.15, 0.2) is 0 Å². The van der Waals surface area contributed by atoms with E-state index in [-0.39, 0.29) is 23.7 Å². The maximum absolute atomic E-state index is 12.9. The van der Waals surface area contributed by atoms with Crippen LogP contribution in [-0.2, 0) is 11.2 Å². The van der Waals surface area contributed by atoms with Crippen molar-refractivity contribution in [2.24, 2.45) is 5.92 Å². The minimum Gasteiger partial charge on any atom is -0.355 e. The number of nitrogens with zero attached hydrogens (tertiary/aromatic N) is 1. The van der Waals surface area contributed by atoms with Crippen molar-refractivity contribution >= 4 is 11.9 Å². The molecule has 1 heterocycles. The van der Waals surface area contributed by atoms with Gasteiger partial charge in [-0.3, -0.25) is 4.79 Å². The van der Waals surface area contributed by atoms with E-state index in [0.29, 0.717) is 25.6 Å². The van der Waals surface area contributed by atoms with Crippen LogP contribution in [0.4, 0.5) is 9.18 Å². The van der Waals surface area contributed by atoms with Crippen LogP contribution in [0, 0.1) is 11.7 Å². The Kier molecular flexibility index (Phi) is 5.33. The molecule has 1 saturated heterocycles. The number of piperidine rings is 1. The Labute approximate surface area is 141 Å². The van der Waals surface area contributed by atoms with Gasteiger partial charge in [-0.05, 0) is 49.8 Å². The van der Waals surface area contributed by atoms with Crippen LogP contribution in [0.5, 0.6) is 0 Å². The van der Waals surface area contributed by atoms with Gasteiger partial charge in [-0.1, -0.05) is 12.1 Å². The van der Waals surface area contributed by atoms with Crippen molar-refractivity contribution in [1.82, 2.24) is 15.5 Å². The molecule has 1 saturated carbocycles. The number of hydrogen-bond donors (Lipinski definition) is 2. The average molecular weight is 333 g/mol. The highest BCUT2D eigenvalue weighted by molar-refractivity contribution is 5.81. The highest BCUT2D eigenvalue weighted by Gasteiger charge is 2.31. The lowest BCUT2D eigenvalue weighted by molar-refractivity contribution is -0.126. The number of carbonyl (C=O) groups is 2. The fourth-order valence-electron chi connectivity index (χ4n) is 2.99. The third-order valence-corrected chi connectivity index (χ3v) is 4.61. The minimum atomic E-state index is -0.255. The fourth-order valence-corrected chi connectivity index (χ4v) is 2.99. The van der Waals surface area contributed by atoms with Crippen LogP contribution in [0.25, 0.3) is 0 Å². The van der Waals surface area contributed by atoms with Gasteiger partial charge >= 0.3 is 6.03 Å². The van der Waals surface area contributed by atoms with E-state index in [1.54, 1.807) is 17.0 Å². The van der Waals surface area contributed by atoms with Crippen LogP contribution in [0.15, 0.2) is 24.3 Å². The Morgan fingerprint density at radius 3 is 2.62 bits per heavy atom. The van der Waals surface area contributed by atoms with E-state index < -0.39 is 0 Å². The van der Waals surface area contributed by atoms with E-state index in [0.717, 1.165) is 37.8 Å². The van der Waals surface area contributed by atoms with Crippen LogP contribution >= 0.6 is 0 Å². The molecular formula is C18H24FN3O2. The molecule has 2 aliphatic rings. The molecule has 6 heteroatoms. The summed E-state index contributed by atoms with van der Waals surface area (Å²) in [5.41, 5.74) is 0.991. The first-order chi connectivity index (χ1) is 11.6. The lowest BCUT2D eigenvalue weighted by Crippen LogP contribution is -2.49. The van der Waals surface area contributed by atoms with Crippen LogP contribution in [0.3, 0.4) is 0 Å². The summed E-state index contributed by atoms with van der Waals surface area (Å²) in [6, 6.07) is 6.60. The van der Waals surface area contributed by atoms with Crippen molar-refractivity contribution in [1.29, 1.82) is 0 Å². The number of halogens is 1. The first-order valence-electron chi connectivity index (χ1n) is 8.69. The first kappa shape index (κ1) is 16.7. The summed E-state index contributed by atoms with van der Waals surface area (Å²) in [6.45, 7) is 1.73. The highest BCUT2D eigenvalue weighted by Crippen LogP contribution is 2.21. The summed E-state index contributed by atoms with van der Waals surface area (Å²) < 4.78 is 12.9. The summed E-state index contributed by atoms with van der Waals surface area (Å²) in [6.07, 6.45) is 4.47. The van der Waals surface area contributed by atoms with Crippen LogP contribution in [0.2, 0.25) is 0 Å². The quantitative estimate of drug-likeness (QED) is 0.866. The normalized spacial score (nSPS) is 20.5. The molecule has 1 aliphatic carbocycles. The second-order valence-corrected chi connectivity index (χ2v) is 6.68. The lowest BCUT2D eigenvalue weighted by Gasteiger charge is -2.32. The molecule has 1 aromatic rings. The van der Waals surface area contributed by atoms with Crippen molar-refractivity contribution in [2.45, 2.75) is 38.1 Å². The van der Waals surface area contributed by atoms with E-state index in [2.05, 4.69) is 10.6 Å². The molecule has 0 bridgehead atoms. The summed E-state index contributed by atoms with van der Waals surface area (Å²) in [4.78, 5) is 26.2. The smallest absolute Gasteiger partial charge is 0.317 e. The van der Waals surface area contributed by atoms with Gasteiger partial charge in [0.25, 0.3) is 0 Å². The predicted molar refractivity (Wildman–Crippen MR) is 89.0 cm³/mol. The standard InChI is InChI=1S/C18H24FN3O2/c19-15-5-3-13(4-6-15)9-10-20-17(23)14-2-1-11-22(12-14)18(24)21-16-7-8-16/h3-6,14,16H,1-2,7-12H2,(H,20,23)(H,21,24). The zero-order valence-electron chi connectivity index (χ0n) is 13.8. The Bertz CT molecular complexity index is 586. The molecule has 3 rings (SSSR count). The summed E-state index contributed by atoms with van der Waals surface area (Å²) in [5.74, 6) is -0.396. The van der Waals surface area contributed by atoms with Crippen molar-refractivity contribution < 1.29 is 14.0 Å². The Morgan fingerprint density at radius 1 is 1.17 bits per heavy atom. The van der Waals surface area contributed by atoms with E-state index in [1.807, 2.05) is 0 Å². The number of likely N-dealkylation sites (tertiary alicyclic amines) is 1. The molecule has 0 aromatic heterocycles. The molecule has 2 fully saturated rings. The van der Waals surface area contributed by atoms with Crippen LogP contribution in [0.1, 0.15) is 31.2 Å². The van der Waals surface area contributed by atoms with Gasteiger partial charge in [0.1, 0.15) is 5.82 Å². The van der Waals surface area contributed by atoms with E-state index in [9.17, 15) is 14.0 Å². The van der Waals surface area contributed by atoms with Gasteiger partial charge in [0.05, 0.1) is 5.92 Å². The van der Waals surface area contributed by atoms with E-state index in [4.69, 9.17) is 0 Å². The van der Waals surface area contributed by atoms with Crippen molar-refractivity contribution in [3.05, 3.63) is 35.6 Å². The highest BCUT2D eigenvalue weighted by atomic mass is 19.1. The second-order valence-electron chi connectivity index (χ2n) is 6.68. The number of urea groups is 1. The molecule has 3 amide bonds. The van der Waals surface area contributed by atoms with Gasteiger partial charge in [0, 0.05) is 25.7 Å². The molecule has 130 valence electrons. The van der Waals surface area contributed by atoms with Gasteiger partial charge in [-0.2, -0.15) is 0 Å². The van der Waals surface area contributed by atoms with Crippen molar-refractivity contribution in [2.75, 3.05) is 19.6 Å². The van der Waals surface area contributed by atoms with Crippen molar-refractivity contribution in [3.8, 4) is 0 Å². The molecular weight excluding hydrogens is 309 g/mol. The molecule has 1 unspecified atom stereocenters. The number of nitrogens with one attached hydrogen (secondary N) is 2. The number of benzene rings is 1. The zero-order chi connectivity index (χ0) is 16.9. The summed E-state index contributed by atoms with van der Waals surface area (Å²) in [5, 5.41) is 5.91. The largest absolute Gasteiger partial charge is 0.355 e. The maximum atomic E-state index is 12.9. The van der Waals surface area contributed by atoms with Crippen molar-refractivity contribution in [3.63, 3.8) is 0 Å². The zero-order valence-corrected chi connectivity index (χ0v) is 13.8. The summed E-state index contributed by atoms with van der Waals surface area (Å²) in [7, 11) is 0. The molecule has 1 aromatic carbocycles.